The maximum atomic E-state index is 12.1. The Hall–Kier alpha value is 0.170. The van der Waals surface area contributed by atoms with Crippen LogP contribution >= 0.6 is 11.8 Å². The molecule has 48 valence electrons. The average molecular weight is 140 g/mol. The first-order valence-electron chi connectivity index (χ1n) is 2.26. The summed E-state index contributed by atoms with van der Waals surface area (Å²) in [6.07, 6.45) is -1.41. The van der Waals surface area contributed by atoms with E-state index in [1.807, 2.05) is 0 Å². The molecule has 1 aliphatic rings. The molecule has 1 heterocycles. The van der Waals surface area contributed by atoms with Crippen molar-refractivity contribution in [2.24, 2.45) is 0 Å². The highest BCUT2D eigenvalue weighted by atomic mass is 32.2. The molecule has 1 rings (SSSR count). The number of aliphatic hydroxyl groups excluding tert-OH is 1. The Morgan fingerprint density at radius 1 is 1.62 bits per heavy atom. The lowest BCUT2D eigenvalue weighted by Crippen LogP contribution is -2.30. The van der Waals surface area contributed by atoms with Gasteiger partial charge in [-0.05, 0) is 0 Å². The van der Waals surface area contributed by atoms with Crippen molar-refractivity contribution in [3.8, 4) is 0 Å². The summed E-state index contributed by atoms with van der Waals surface area (Å²) >= 11 is 1.09. The van der Waals surface area contributed by atoms with Crippen LogP contribution in [0.15, 0.2) is 0 Å². The molecule has 1 atom stereocenters. The lowest BCUT2D eigenvalue weighted by Gasteiger charge is -2.10. The highest BCUT2D eigenvalue weighted by Gasteiger charge is 2.43. The minimum atomic E-state index is -2.83. The van der Waals surface area contributed by atoms with Gasteiger partial charge in [-0.3, -0.25) is 0 Å². The van der Waals surface area contributed by atoms with Crippen molar-refractivity contribution in [3.63, 3.8) is 0 Å². The van der Waals surface area contributed by atoms with Crippen molar-refractivity contribution in [1.29, 1.82) is 0 Å². The molecule has 8 heavy (non-hydrogen) atoms. The first kappa shape index (κ1) is 6.29. The second-order valence-corrected chi connectivity index (χ2v) is 2.82. The van der Waals surface area contributed by atoms with Crippen LogP contribution in [-0.4, -0.2) is 28.6 Å². The van der Waals surface area contributed by atoms with E-state index in [0.717, 1.165) is 11.8 Å². The van der Waals surface area contributed by atoms with Crippen molar-refractivity contribution >= 4 is 11.8 Å². The largest absolute Gasteiger partial charge is 0.386 e. The predicted molar refractivity (Wildman–Crippen MR) is 28.3 cm³/mol. The predicted octanol–water partition coefficient (Wildman–Crippen LogP) is 0.729. The molecule has 1 saturated heterocycles. The Bertz CT molecular complexity index is 96.0. The molecule has 0 aliphatic carbocycles. The SMILES string of the molecule is OC1CSCC1(F)F. The first-order chi connectivity index (χ1) is 3.63. The summed E-state index contributed by atoms with van der Waals surface area (Å²) in [6.45, 7) is 0. The van der Waals surface area contributed by atoms with Crippen molar-refractivity contribution in [3.05, 3.63) is 0 Å². The lowest BCUT2D eigenvalue weighted by molar-refractivity contribution is -0.0703. The topological polar surface area (TPSA) is 20.2 Å². The number of halogens is 2. The maximum Gasteiger partial charge on any atom is 0.283 e. The summed E-state index contributed by atoms with van der Waals surface area (Å²) in [7, 11) is 0. The van der Waals surface area contributed by atoms with Gasteiger partial charge < -0.3 is 5.11 Å². The van der Waals surface area contributed by atoms with E-state index in [9.17, 15) is 8.78 Å². The first-order valence-corrected chi connectivity index (χ1v) is 3.42. The van der Waals surface area contributed by atoms with Gasteiger partial charge in [-0.1, -0.05) is 0 Å². The van der Waals surface area contributed by atoms with Gasteiger partial charge in [-0.15, -0.1) is 0 Å². The maximum absolute atomic E-state index is 12.1. The van der Waals surface area contributed by atoms with Crippen LogP contribution in [0.1, 0.15) is 0 Å². The molecule has 4 heteroatoms. The van der Waals surface area contributed by atoms with E-state index in [1.54, 1.807) is 0 Å². The second-order valence-electron chi connectivity index (χ2n) is 1.79. The molecule has 1 fully saturated rings. The molecule has 0 bridgehead atoms. The molecule has 1 unspecified atom stereocenters. The minimum absolute atomic E-state index is 0.174. The van der Waals surface area contributed by atoms with Gasteiger partial charge in [0.1, 0.15) is 6.10 Å². The quantitative estimate of drug-likeness (QED) is 0.535. The molecular weight excluding hydrogens is 134 g/mol. The van der Waals surface area contributed by atoms with E-state index in [4.69, 9.17) is 5.11 Å². The molecule has 1 N–H and O–H groups in total. The van der Waals surface area contributed by atoms with Gasteiger partial charge in [0.2, 0.25) is 0 Å². The summed E-state index contributed by atoms with van der Waals surface area (Å²) in [6, 6.07) is 0. The Kier molecular flexibility index (Phi) is 1.45. The standard InChI is InChI=1S/C4H6F2OS/c5-4(6)2-8-1-3(4)7/h3,7H,1-2H2. The van der Waals surface area contributed by atoms with Crippen molar-refractivity contribution in [2.75, 3.05) is 11.5 Å². The van der Waals surface area contributed by atoms with Gasteiger partial charge in [0.05, 0.1) is 5.75 Å². The van der Waals surface area contributed by atoms with Crippen molar-refractivity contribution < 1.29 is 13.9 Å². The minimum Gasteiger partial charge on any atom is -0.386 e. The van der Waals surface area contributed by atoms with Crippen LogP contribution in [0.25, 0.3) is 0 Å². The number of alkyl halides is 2. The van der Waals surface area contributed by atoms with E-state index in [0.29, 0.717) is 0 Å². The van der Waals surface area contributed by atoms with Crippen LogP contribution in [-0.2, 0) is 0 Å². The number of hydrogen-bond donors (Lipinski definition) is 1. The van der Waals surface area contributed by atoms with E-state index < -0.39 is 12.0 Å². The summed E-state index contributed by atoms with van der Waals surface area (Å²) < 4.78 is 24.1. The number of rotatable bonds is 0. The summed E-state index contributed by atoms with van der Waals surface area (Å²) in [5.41, 5.74) is 0. The van der Waals surface area contributed by atoms with Gasteiger partial charge in [0.15, 0.2) is 0 Å². The van der Waals surface area contributed by atoms with Crippen molar-refractivity contribution in [2.45, 2.75) is 12.0 Å². The van der Waals surface area contributed by atoms with E-state index >= 15 is 0 Å². The van der Waals surface area contributed by atoms with E-state index in [2.05, 4.69) is 0 Å². The molecule has 0 saturated carbocycles. The lowest BCUT2D eigenvalue weighted by atomic mass is 10.2. The average Bonchev–Trinajstić information content (AvgIpc) is 1.86. The van der Waals surface area contributed by atoms with Crippen LogP contribution in [0.5, 0.6) is 0 Å². The Morgan fingerprint density at radius 3 is 2.38 bits per heavy atom. The van der Waals surface area contributed by atoms with Crippen LogP contribution in [0.2, 0.25) is 0 Å². The van der Waals surface area contributed by atoms with Gasteiger partial charge >= 0.3 is 0 Å². The molecule has 0 aromatic rings. The number of thioether (sulfide) groups is 1. The zero-order valence-electron chi connectivity index (χ0n) is 4.10. The third-order valence-corrected chi connectivity index (χ3v) is 2.20. The molecular formula is C4H6F2OS. The Balaban J connectivity index is 2.54. The van der Waals surface area contributed by atoms with Gasteiger partial charge in [0, 0.05) is 5.75 Å². The number of aliphatic hydroxyl groups is 1. The van der Waals surface area contributed by atoms with Gasteiger partial charge in [-0.2, -0.15) is 11.8 Å². The fraction of sp³-hybridized carbons (Fsp3) is 1.00. The zero-order chi connectivity index (χ0) is 6.20. The second kappa shape index (κ2) is 1.84. The molecule has 0 radical (unpaired) electrons. The molecule has 1 aliphatic heterocycles. The van der Waals surface area contributed by atoms with Crippen molar-refractivity contribution in [1.82, 2.24) is 0 Å². The van der Waals surface area contributed by atoms with Crippen LogP contribution < -0.4 is 0 Å². The van der Waals surface area contributed by atoms with Gasteiger partial charge in [0.25, 0.3) is 5.92 Å². The third-order valence-electron chi connectivity index (χ3n) is 1.06. The zero-order valence-corrected chi connectivity index (χ0v) is 4.92. The Morgan fingerprint density at radius 2 is 2.25 bits per heavy atom. The fourth-order valence-electron chi connectivity index (χ4n) is 0.525. The van der Waals surface area contributed by atoms with Crippen LogP contribution in [0, 0.1) is 0 Å². The molecule has 0 aromatic heterocycles. The summed E-state index contributed by atoms with van der Waals surface area (Å²) in [4.78, 5) is 0. The number of hydrogen-bond acceptors (Lipinski definition) is 2. The van der Waals surface area contributed by atoms with Crippen LogP contribution in [0.3, 0.4) is 0 Å². The molecule has 0 amide bonds. The monoisotopic (exact) mass is 140 g/mol. The fourth-order valence-corrected chi connectivity index (χ4v) is 1.57. The molecule has 0 aromatic carbocycles. The smallest absolute Gasteiger partial charge is 0.283 e. The van der Waals surface area contributed by atoms with Crippen LogP contribution in [0.4, 0.5) is 8.78 Å². The highest BCUT2D eigenvalue weighted by Crippen LogP contribution is 2.32. The third kappa shape index (κ3) is 0.951. The summed E-state index contributed by atoms with van der Waals surface area (Å²) in [5, 5.41) is 8.49. The van der Waals surface area contributed by atoms with E-state index in [-0.39, 0.29) is 11.5 Å². The van der Waals surface area contributed by atoms with Gasteiger partial charge in [-0.25, -0.2) is 8.78 Å². The normalized spacial score (nSPS) is 35.6. The molecule has 1 nitrogen and oxygen atoms in total. The van der Waals surface area contributed by atoms with E-state index in [1.165, 1.54) is 0 Å². The summed E-state index contributed by atoms with van der Waals surface area (Å²) in [5.74, 6) is -2.88. The highest BCUT2D eigenvalue weighted by molar-refractivity contribution is 7.99. The Labute approximate surface area is 50.1 Å². The molecule has 0 spiro atoms.